The molecule has 1 rings (SSSR count). The standard InChI is InChI=1S/C12H26N2O2S/c1-17-12-2-3-13-4-6-14(7-5-13)8-10-16-11-9-15/h15H,2-12H2,1H3. The van der Waals surface area contributed by atoms with Crippen LogP contribution in [0.5, 0.6) is 0 Å². The molecule has 5 heteroatoms. The number of rotatable bonds is 9. The fourth-order valence-electron chi connectivity index (χ4n) is 2.03. The Morgan fingerprint density at radius 2 is 1.71 bits per heavy atom. The van der Waals surface area contributed by atoms with E-state index in [1.807, 2.05) is 11.8 Å². The molecule has 1 aliphatic rings. The van der Waals surface area contributed by atoms with Crippen molar-refractivity contribution in [2.24, 2.45) is 0 Å². The maximum absolute atomic E-state index is 8.59. The predicted octanol–water partition coefficient (Wildman–Crippen LogP) is 0.366. The number of hydrogen-bond acceptors (Lipinski definition) is 5. The van der Waals surface area contributed by atoms with Gasteiger partial charge in [0.1, 0.15) is 0 Å². The maximum atomic E-state index is 8.59. The predicted molar refractivity (Wildman–Crippen MR) is 73.8 cm³/mol. The number of aliphatic hydroxyl groups excluding tert-OH is 1. The van der Waals surface area contributed by atoms with Gasteiger partial charge in [-0.1, -0.05) is 0 Å². The maximum Gasteiger partial charge on any atom is 0.0698 e. The number of thioether (sulfide) groups is 1. The summed E-state index contributed by atoms with van der Waals surface area (Å²) >= 11 is 1.93. The lowest BCUT2D eigenvalue weighted by molar-refractivity contribution is 0.0577. The van der Waals surface area contributed by atoms with Gasteiger partial charge in [-0.3, -0.25) is 4.90 Å². The lowest BCUT2D eigenvalue weighted by atomic mass is 10.3. The van der Waals surface area contributed by atoms with Crippen molar-refractivity contribution in [1.29, 1.82) is 0 Å². The van der Waals surface area contributed by atoms with Crippen molar-refractivity contribution in [2.45, 2.75) is 6.42 Å². The van der Waals surface area contributed by atoms with Crippen LogP contribution in [-0.4, -0.2) is 86.0 Å². The fraction of sp³-hybridized carbons (Fsp3) is 1.00. The van der Waals surface area contributed by atoms with Crippen LogP contribution in [0.25, 0.3) is 0 Å². The largest absolute Gasteiger partial charge is 0.394 e. The summed E-state index contributed by atoms with van der Waals surface area (Å²) in [6.07, 6.45) is 3.48. The van der Waals surface area contributed by atoms with E-state index >= 15 is 0 Å². The van der Waals surface area contributed by atoms with Crippen LogP contribution < -0.4 is 0 Å². The highest BCUT2D eigenvalue weighted by Gasteiger charge is 2.15. The first-order valence-electron chi connectivity index (χ1n) is 6.49. The minimum atomic E-state index is 0.128. The van der Waals surface area contributed by atoms with Crippen molar-refractivity contribution in [3.05, 3.63) is 0 Å². The molecular formula is C12H26N2O2S. The second-order valence-corrected chi connectivity index (χ2v) is 5.35. The minimum absolute atomic E-state index is 0.128. The van der Waals surface area contributed by atoms with Crippen LogP contribution in [0.4, 0.5) is 0 Å². The van der Waals surface area contributed by atoms with Gasteiger partial charge in [-0.15, -0.1) is 0 Å². The first-order chi connectivity index (χ1) is 8.36. The third-order valence-electron chi connectivity index (χ3n) is 3.08. The fourth-order valence-corrected chi connectivity index (χ4v) is 2.45. The molecule has 1 N–H and O–H groups in total. The summed E-state index contributed by atoms with van der Waals surface area (Å²) in [6.45, 7) is 8.27. The molecule has 0 aliphatic carbocycles. The van der Waals surface area contributed by atoms with Gasteiger partial charge in [-0.2, -0.15) is 11.8 Å². The first-order valence-corrected chi connectivity index (χ1v) is 7.88. The monoisotopic (exact) mass is 262 g/mol. The molecule has 1 aliphatic heterocycles. The quantitative estimate of drug-likeness (QED) is 0.607. The zero-order chi connectivity index (χ0) is 12.3. The van der Waals surface area contributed by atoms with E-state index in [1.165, 1.54) is 31.8 Å². The average molecular weight is 262 g/mol. The Morgan fingerprint density at radius 3 is 2.29 bits per heavy atom. The number of ether oxygens (including phenoxy) is 1. The van der Waals surface area contributed by atoms with Crippen LogP contribution in [0, 0.1) is 0 Å². The molecule has 0 atom stereocenters. The molecule has 0 saturated carbocycles. The van der Waals surface area contributed by atoms with E-state index in [-0.39, 0.29) is 6.61 Å². The van der Waals surface area contributed by atoms with Gasteiger partial charge in [0, 0.05) is 32.7 Å². The number of nitrogens with zero attached hydrogens (tertiary/aromatic N) is 2. The van der Waals surface area contributed by atoms with E-state index in [0.717, 1.165) is 26.2 Å². The molecule has 0 amide bonds. The van der Waals surface area contributed by atoms with E-state index in [9.17, 15) is 0 Å². The van der Waals surface area contributed by atoms with Gasteiger partial charge in [0.05, 0.1) is 19.8 Å². The van der Waals surface area contributed by atoms with Crippen LogP contribution in [-0.2, 0) is 4.74 Å². The highest BCUT2D eigenvalue weighted by molar-refractivity contribution is 7.98. The minimum Gasteiger partial charge on any atom is -0.394 e. The van der Waals surface area contributed by atoms with Crippen LogP contribution in [0.3, 0.4) is 0 Å². The number of aliphatic hydroxyl groups is 1. The molecular weight excluding hydrogens is 236 g/mol. The van der Waals surface area contributed by atoms with E-state index in [4.69, 9.17) is 9.84 Å². The van der Waals surface area contributed by atoms with Crippen molar-refractivity contribution in [2.75, 3.05) is 71.1 Å². The van der Waals surface area contributed by atoms with E-state index < -0.39 is 0 Å². The Morgan fingerprint density at radius 1 is 1.06 bits per heavy atom. The van der Waals surface area contributed by atoms with E-state index in [0.29, 0.717) is 6.61 Å². The Labute approximate surface area is 109 Å². The number of piperazine rings is 1. The molecule has 1 saturated heterocycles. The van der Waals surface area contributed by atoms with Gasteiger partial charge in [-0.25, -0.2) is 0 Å². The van der Waals surface area contributed by atoms with Crippen molar-refractivity contribution >= 4 is 11.8 Å². The zero-order valence-corrected chi connectivity index (χ0v) is 11.8. The van der Waals surface area contributed by atoms with Crippen molar-refractivity contribution in [3.8, 4) is 0 Å². The van der Waals surface area contributed by atoms with Crippen molar-refractivity contribution in [3.63, 3.8) is 0 Å². The summed E-state index contributed by atoms with van der Waals surface area (Å²) in [5.74, 6) is 1.27. The van der Waals surface area contributed by atoms with Gasteiger partial charge in [-0.05, 0) is 25.0 Å². The average Bonchev–Trinajstić information content (AvgIpc) is 2.37. The third-order valence-corrected chi connectivity index (χ3v) is 3.77. The molecule has 17 heavy (non-hydrogen) atoms. The number of hydrogen-bond donors (Lipinski definition) is 1. The van der Waals surface area contributed by atoms with Gasteiger partial charge in [0.25, 0.3) is 0 Å². The van der Waals surface area contributed by atoms with Gasteiger partial charge >= 0.3 is 0 Å². The summed E-state index contributed by atoms with van der Waals surface area (Å²) in [5.41, 5.74) is 0. The second kappa shape index (κ2) is 10.1. The lowest BCUT2D eigenvalue weighted by Gasteiger charge is -2.34. The molecule has 1 fully saturated rings. The Kier molecular flexibility index (Phi) is 9.10. The molecule has 4 nitrogen and oxygen atoms in total. The summed E-state index contributed by atoms with van der Waals surface area (Å²) in [5, 5.41) is 8.59. The molecule has 0 aromatic rings. The smallest absolute Gasteiger partial charge is 0.0698 e. The molecule has 0 unspecified atom stereocenters. The zero-order valence-electron chi connectivity index (χ0n) is 10.9. The van der Waals surface area contributed by atoms with Gasteiger partial charge in [0.2, 0.25) is 0 Å². The topological polar surface area (TPSA) is 35.9 Å². The Hall–Kier alpha value is 0.190. The van der Waals surface area contributed by atoms with Crippen LogP contribution >= 0.6 is 11.8 Å². The highest BCUT2D eigenvalue weighted by Crippen LogP contribution is 2.04. The molecule has 102 valence electrons. The molecule has 0 spiro atoms. The van der Waals surface area contributed by atoms with Gasteiger partial charge < -0.3 is 14.7 Å². The molecule has 1 heterocycles. The van der Waals surface area contributed by atoms with Crippen molar-refractivity contribution < 1.29 is 9.84 Å². The normalized spacial score (nSPS) is 18.7. The SMILES string of the molecule is CSCCCN1CCN(CCOCCO)CC1. The second-order valence-electron chi connectivity index (χ2n) is 4.37. The molecule has 0 radical (unpaired) electrons. The highest BCUT2D eigenvalue weighted by atomic mass is 32.2. The molecule has 0 bridgehead atoms. The van der Waals surface area contributed by atoms with Crippen molar-refractivity contribution in [1.82, 2.24) is 9.80 Å². The summed E-state index contributed by atoms with van der Waals surface area (Å²) in [7, 11) is 0. The van der Waals surface area contributed by atoms with Crippen LogP contribution in [0.15, 0.2) is 0 Å². The van der Waals surface area contributed by atoms with E-state index in [2.05, 4.69) is 16.1 Å². The van der Waals surface area contributed by atoms with E-state index in [1.54, 1.807) is 0 Å². The Bertz CT molecular complexity index is 176. The molecule has 0 aromatic carbocycles. The first kappa shape index (κ1) is 15.2. The van der Waals surface area contributed by atoms with Crippen LogP contribution in [0.1, 0.15) is 6.42 Å². The summed E-state index contributed by atoms with van der Waals surface area (Å²) in [4.78, 5) is 5.00. The molecule has 0 aromatic heterocycles. The van der Waals surface area contributed by atoms with Gasteiger partial charge in [0.15, 0.2) is 0 Å². The third kappa shape index (κ3) is 7.26. The Balaban J connectivity index is 1.97. The lowest BCUT2D eigenvalue weighted by Crippen LogP contribution is -2.47. The summed E-state index contributed by atoms with van der Waals surface area (Å²) < 4.78 is 5.28. The summed E-state index contributed by atoms with van der Waals surface area (Å²) in [6, 6.07) is 0. The van der Waals surface area contributed by atoms with Crippen LogP contribution in [0.2, 0.25) is 0 Å².